The molecule has 3 aliphatic rings. The summed E-state index contributed by atoms with van der Waals surface area (Å²) in [5, 5.41) is 2.17. The lowest BCUT2D eigenvalue weighted by atomic mass is 9.87. The summed E-state index contributed by atoms with van der Waals surface area (Å²) < 4.78 is 7.72. The lowest BCUT2D eigenvalue weighted by Gasteiger charge is -2.34. The first-order valence-electron chi connectivity index (χ1n) is 15.1. The Kier molecular flexibility index (Phi) is 15.1. The van der Waals surface area contributed by atoms with Crippen LogP contribution in [0.3, 0.4) is 0 Å². The fourth-order valence-electron chi connectivity index (χ4n) is 5.73. The molecule has 4 heterocycles. The van der Waals surface area contributed by atoms with Gasteiger partial charge in [-0.2, -0.15) is 0 Å². The van der Waals surface area contributed by atoms with Crippen molar-refractivity contribution in [1.29, 1.82) is 0 Å². The van der Waals surface area contributed by atoms with Crippen LogP contribution in [0.1, 0.15) is 78.1 Å². The van der Waals surface area contributed by atoms with Crippen molar-refractivity contribution in [2.45, 2.75) is 97.1 Å². The highest BCUT2D eigenvalue weighted by molar-refractivity contribution is 9.10. The smallest absolute Gasteiger partial charge is 0.338 e. The van der Waals surface area contributed by atoms with Gasteiger partial charge in [-0.1, -0.05) is 52.7 Å². The molecule has 240 valence electrons. The quantitative estimate of drug-likeness (QED) is 0.0851. The van der Waals surface area contributed by atoms with E-state index in [0.717, 1.165) is 57.8 Å². The zero-order chi connectivity index (χ0) is 30.8. The third kappa shape index (κ3) is 11.5. The molecule has 0 aliphatic carbocycles. The molecule has 43 heavy (non-hydrogen) atoms. The summed E-state index contributed by atoms with van der Waals surface area (Å²) in [7, 11) is 0. The number of carbonyl (C=O) groups is 1. The average Bonchev–Trinajstić information content (AvgIpc) is 3.32. The number of rotatable bonds is 14. The maximum Gasteiger partial charge on any atom is 0.338 e. The van der Waals surface area contributed by atoms with Gasteiger partial charge < -0.3 is 9.62 Å². The van der Waals surface area contributed by atoms with Gasteiger partial charge in [-0.3, -0.25) is 4.84 Å². The molecular formula is C29H42Br2ClN5O3S3. The van der Waals surface area contributed by atoms with E-state index < -0.39 is 5.97 Å². The molecule has 0 radical (unpaired) electrons. The Morgan fingerprint density at radius 3 is 2.44 bits per heavy atom. The molecule has 0 saturated carbocycles. The number of piperidine rings is 2. The maximum absolute atomic E-state index is 11.3. The number of hydrogen-bond acceptors (Lipinski definition) is 11. The highest BCUT2D eigenvalue weighted by Gasteiger charge is 2.34. The van der Waals surface area contributed by atoms with Crippen molar-refractivity contribution in [1.82, 2.24) is 14.0 Å². The lowest BCUT2D eigenvalue weighted by molar-refractivity contribution is -0.143. The van der Waals surface area contributed by atoms with E-state index in [1.165, 1.54) is 70.0 Å². The highest BCUT2D eigenvalue weighted by Crippen LogP contribution is 2.47. The van der Waals surface area contributed by atoms with Crippen LogP contribution in [-0.4, -0.2) is 55.6 Å². The molecule has 3 fully saturated rings. The Morgan fingerprint density at radius 2 is 1.84 bits per heavy atom. The second-order valence-corrected chi connectivity index (χ2v) is 18.2. The summed E-state index contributed by atoms with van der Waals surface area (Å²) in [5.74, 6) is 2.10. The number of nitrogens with zero attached hydrogens (tertiary/aromatic N) is 4. The fourth-order valence-corrected chi connectivity index (χ4v) is 12.0. The Morgan fingerprint density at radius 1 is 1.16 bits per heavy atom. The van der Waals surface area contributed by atoms with Gasteiger partial charge in [-0.25, -0.2) is 14.1 Å². The van der Waals surface area contributed by atoms with Crippen LogP contribution in [0.25, 0.3) is 0 Å². The van der Waals surface area contributed by atoms with E-state index in [-0.39, 0.29) is 11.1 Å². The van der Waals surface area contributed by atoms with E-state index in [4.69, 9.17) is 16.6 Å². The molecule has 1 aromatic heterocycles. The van der Waals surface area contributed by atoms with Gasteiger partial charge >= 0.3 is 5.97 Å². The second-order valence-electron chi connectivity index (χ2n) is 11.6. The predicted molar refractivity (Wildman–Crippen MR) is 189 cm³/mol. The van der Waals surface area contributed by atoms with Crippen LogP contribution >= 0.6 is 79.1 Å². The molecule has 14 heteroatoms. The number of halogens is 3. The van der Waals surface area contributed by atoms with Gasteiger partial charge in [-0.15, -0.1) is 28.3 Å². The molecule has 3 aliphatic heterocycles. The van der Waals surface area contributed by atoms with Crippen LogP contribution in [0.5, 0.6) is 0 Å². The number of carbonyl (C=O) groups excluding carboxylic acids is 1. The minimum atomic E-state index is -0.623. The standard InChI is InChI=1S/C29H42Br2ClN5O3S3/c1-19(6-7-26(38)40-35-39)20(2)34-42-23-16-25(31)29(33-18-23)36-12-8-21(9-13-36)4-3-5-22-10-14-37(15-11-22)43-27-17-24(30)28(32)41-27/h16,18,21-22,24,27-28,34H,3-15,17H2,1-2H3/b20-19-. The first-order valence-corrected chi connectivity index (χ1v) is 19.8. The first-order chi connectivity index (χ1) is 20.7. The molecule has 3 unspecified atom stereocenters. The summed E-state index contributed by atoms with van der Waals surface area (Å²) in [4.78, 5) is 34.1. The third-order valence-electron chi connectivity index (χ3n) is 8.56. The van der Waals surface area contributed by atoms with Crippen LogP contribution in [0, 0.1) is 16.7 Å². The molecule has 1 aromatic rings. The predicted octanol–water partition coefficient (Wildman–Crippen LogP) is 9.28. The van der Waals surface area contributed by atoms with Gasteiger partial charge in [0.1, 0.15) is 5.82 Å². The Hall–Kier alpha value is -0.180. The van der Waals surface area contributed by atoms with Crippen molar-refractivity contribution < 1.29 is 9.63 Å². The van der Waals surface area contributed by atoms with E-state index in [1.54, 1.807) is 0 Å². The number of anilines is 1. The number of alkyl halides is 2. The number of hydrogen-bond donors (Lipinski definition) is 1. The Labute approximate surface area is 290 Å². The van der Waals surface area contributed by atoms with Gasteiger partial charge in [0.2, 0.25) is 0 Å². The Bertz CT molecular complexity index is 1100. The van der Waals surface area contributed by atoms with Gasteiger partial charge in [-0.05, 0) is 98.2 Å². The van der Waals surface area contributed by atoms with E-state index >= 15 is 0 Å². The average molecular weight is 800 g/mol. The zero-order valence-corrected chi connectivity index (χ0v) is 31.2. The SMILES string of the molecule is C/C(CCC(=O)ON=O)=C(\C)NSc1cnc(N2CCC(CCCC3CCN(SC4CC(Br)C(Cl)S4)CC3)CC2)c(Br)c1. The van der Waals surface area contributed by atoms with Gasteiger partial charge in [0.05, 0.1) is 20.2 Å². The van der Waals surface area contributed by atoms with Crippen molar-refractivity contribution >= 4 is 90.9 Å². The van der Waals surface area contributed by atoms with Crippen LogP contribution in [-0.2, 0) is 9.63 Å². The van der Waals surface area contributed by atoms with E-state index in [9.17, 15) is 9.70 Å². The molecule has 0 aromatic carbocycles. The third-order valence-corrected chi connectivity index (χ3v) is 15.0. The molecule has 3 saturated heterocycles. The largest absolute Gasteiger partial charge is 0.356 e. The van der Waals surface area contributed by atoms with Crippen LogP contribution in [0.4, 0.5) is 5.82 Å². The molecule has 8 nitrogen and oxygen atoms in total. The highest BCUT2D eigenvalue weighted by atomic mass is 79.9. The summed E-state index contributed by atoms with van der Waals surface area (Å²) in [6, 6.07) is 2.10. The molecule has 0 spiro atoms. The summed E-state index contributed by atoms with van der Waals surface area (Å²) in [6.45, 7) is 8.45. The van der Waals surface area contributed by atoms with Gasteiger partial charge in [0, 0.05) is 47.8 Å². The number of thioether (sulfide) groups is 1. The molecule has 0 amide bonds. The molecule has 1 N–H and O–H groups in total. The number of allylic oxidation sites excluding steroid dienone is 2. The van der Waals surface area contributed by atoms with Crippen LogP contribution in [0.2, 0.25) is 0 Å². The zero-order valence-electron chi connectivity index (χ0n) is 24.8. The van der Waals surface area contributed by atoms with Gasteiger partial charge in [0.25, 0.3) is 0 Å². The topological polar surface area (TPSA) is 87.1 Å². The van der Waals surface area contributed by atoms with Crippen molar-refractivity contribution in [3.63, 3.8) is 0 Å². The molecule has 3 atom stereocenters. The summed E-state index contributed by atoms with van der Waals surface area (Å²) in [5.41, 5.74) is 1.97. The number of aromatic nitrogens is 1. The van der Waals surface area contributed by atoms with Crippen LogP contribution in [0.15, 0.2) is 38.2 Å². The molecular weight excluding hydrogens is 758 g/mol. The molecule has 0 bridgehead atoms. The minimum Gasteiger partial charge on any atom is -0.356 e. The maximum atomic E-state index is 11.3. The lowest BCUT2D eigenvalue weighted by Crippen LogP contribution is -2.34. The van der Waals surface area contributed by atoms with Crippen molar-refractivity contribution in [2.75, 3.05) is 31.1 Å². The van der Waals surface area contributed by atoms with E-state index in [0.29, 0.717) is 15.8 Å². The molecule has 4 rings (SSSR count). The van der Waals surface area contributed by atoms with Crippen molar-refractivity contribution in [2.24, 2.45) is 17.2 Å². The first kappa shape index (κ1) is 35.7. The minimum absolute atomic E-state index is 0.118. The normalized spacial score (nSPS) is 24.6. The van der Waals surface area contributed by atoms with Crippen LogP contribution < -0.4 is 9.62 Å². The van der Waals surface area contributed by atoms with Gasteiger partial charge in [0.15, 0.2) is 5.34 Å². The van der Waals surface area contributed by atoms with Crippen molar-refractivity contribution in [3.8, 4) is 0 Å². The van der Waals surface area contributed by atoms with E-state index in [1.807, 2.05) is 43.8 Å². The fraction of sp³-hybridized carbons (Fsp3) is 0.724. The Balaban J connectivity index is 1.11. The van der Waals surface area contributed by atoms with E-state index in [2.05, 4.69) is 62.0 Å². The number of nitrogens with one attached hydrogen (secondary N) is 1. The monoisotopic (exact) mass is 797 g/mol. The second kappa shape index (κ2) is 18.2. The van der Waals surface area contributed by atoms with Crippen molar-refractivity contribution in [3.05, 3.63) is 32.9 Å². The summed E-state index contributed by atoms with van der Waals surface area (Å²) >= 11 is 19.3. The summed E-state index contributed by atoms with van der Waals surface area (Å²) in [6.07, 6.45) is 12.9. The number of pyridine rings is 1.